The fraction of sp³-hybridized carbons (Fsp3) is 0.296. The van der Waals surface area contributed by atoms with Gasteiger partial charge < -0.3 is 47.7 Å². The number of aliphatic hydroxyl groups is 1. The van der Waals surface area contributed by atoms with Crippen molar-refractivity contribution in [2.75, 3.05) is 6.61 Å². The number of nitrogens with two attached hydrogens (primary N) is 2. The molecule has 1 heterocycles. The number of aliphatic hydroxyl groups excluding tert-OH is 1. The molecule has 0 radical (unpaired) electrons. The van der Waals surface area contributed by atoms with E-state index in [0.29, 0.717) is 11.1 Å². The Labute approximate surface area is 234 Å². The van der Waals surface area contributed by atoms with Gasteiger partial charge >= 0.3 is 5.97 Å². The van der Waals surface area contributed by atoms with Crippen molar-refractivity contribution in [2.45, 2.75) is 43.4 Å². The predicted molar refractivity (Wildman–Crippen MR) is 146 cm³/mol. The van der Waals surface area contributed by atoms with Gasteiger partial charge in [0.1, 0.15) is 29.9 Å². The summed E-state index contributed by atoms with van der Waals surface area (Å²) in [5, 5.41) is 36.4. The molecule has 4 amide bonds. The molecule has 0 bridgehead atoms. The summed E-state index contributed by atoms with van der Waals surface area (Å²) in [6, 6.07) is 7.30. The van der Waals surface area contributed by atoms with Crippen molar-refractivity contribution in [1.82, 2.24) is 20.9 Å². The second-order valence-electron chi connectivity index (χ2n) is 9.42. The number of carboxylic acids is 1. The molecule has 3 rings (SSSR count). The zero-order chi connectivity index (χ0) is 30.1. The van der Waals surface area contributed by atoms with Gasteiger partial charge in [0.15, 0.2) is 0 Å². The number of nitrogens with one attached hydrogen (secondary N) is 4. The van der Waals surface area contributed by atoms with Gasteiger partial charge in [0.05, 0.1) is 13.0 Å². The zero-order valence-electron chi connectivity index (χ0n) is 21.9. The zero-order valence-corrected chi connectivity index (χ0v) is 21.9. The molecule has 14 heteroatoms. The summed E-state index contributed by atoms with van der Waals surface area (Å²) in [5.74, 6) is -5.06. The monoisotopic (exact) mass is 568 g/mol. The first-order valence-corrected chi connectivity index (χ1v) is 12.6. The maximum atomic E-state index is 13.2. The molecular weight excluding hydrogens is 536 g/mol. The summed E-state index contributed by atoms with van der Waals surface area (Å²) in [7, 11) is 0. The first-order valence-electron chi connectivity index (χ1n) is 12.6. The number of aliphatic carboxylic acids is 1. The molecule has 0 saturated heterocycles. The number of phenols is 1. The average molecular weight is 569 g/mol. The molecular formula is C27H32N6O8. The Morgan fingerprint density at radius 3 is 2.07 bits per heavy atom. The van der Waals surface area contributed by atoms with Crippen LogP contribution in [-0.4, -0.2) is 80.7 Å². The van der Waals surface area contributed by atoms with Gasteiger partial charge in [-0.05, 0) is 29.3 Å². The number of phenolic OH excluding ortho intramolecular Hbond substituents is 1. The van der Waals surface area contributed by atoms with Crippen LogP contribution >= 0.6 is 0 Å². The molecule has 41 heavy (non-hydrogen) atoms. The van der Waals surface area contributed by atoms with Crippen LogP contribution in [-0.2, 0) is 36.8 Å². The van der Waals surface area contributed by atoms with E-state index in [1.165, 1.54) is 24.3 Å². The number of primary amides is 1. The number of amides is 4. The van der Waals surface area contributed by atoms with Crippen LogP contribution in [0.2, 0.25) is 0 Å². The van der Waals surface area contributed by atoms with Crippen LogP contribution < -0.4 is 27.4 Å². The molecule has 0 aliphatic rings. The Morgan fingerprint density at radius 1 is 0.829 bits per heavy atom. The van der Waals surface area contributed by atoms with Crippen LogP contribution in [0.15, 0.2) is 54.7 Å². The summed E-state index contributed by atoms with van der Waals surface area (Å²) in [6.07, 6.45) is 0.760. The van der Waals surface area contributed by atoms with E-state index < -0.39 is 66.8 Å². The number of para-hydroxylation sites is 1. The van der Waals surface area contributed by atoms with E-state index >= 15 is 0 Å². The number of benzene rings is 2. The van der Waals surface area contributed by atoms with Gasteiger partial charge in [0, 0.05) is 29.9 Å². The summed E-state index contributed by atoms with van der Waals surface area (Å²) in [5.41, 5.74) is 12.8. The minimum atomic E-state index is -1.57. The summed E-state index contributed by atoms with van der Waals surface area (Å²) in [4.78, 5) is 65.5. The Kier molecular flexibility index (Phi) is 10.4. The predicted octanol–water partition coefficient (Wildman–Crippen LogP) is -1.61. The van der Waals surface area contributed by atoms with Crippen LogP contribution in [0.5, 0.6) is 5.75 Å². The smallest absolute Gasteiger partial charge is 0.326 e. The quantitative estimate of drug-likeness (QED) is 0.108. The molecule has 11 N–H and O–H groups in total. The molecule has 4 unspecified atom stereocenters. The summed E-state index contributed by atoms with van der Waals surface area (Å²) >= 11 is 0. The fourth-order valence-electron chi connectivity index (χ4n) is 4.11. The third-order valence-electron chi connectivity index (χ3n) is 6.29. The molecule has 3 aromatic rings. The standard InChI is InChI=1S/C27H32N6O8/c28-18(13-34)24(37)31-20(9-14-5-7-16(35)8-6-14)25(38)32-21(11-23(29)36)26(39)33-22(27(40)41)10-15-12-30-19-4-2-1-3-17(15)19/h1-8,12,18,20-22,30,34-35H,9-11,13,28H2,(H2,29,36)(H,31,37)(H,32,38)(H,33,39)(H,40,41). The van der Waals surface area contributed by atoms with E-state index in [2.05, 4.69) is 20.9 Å². The van der Waals surface area contributed by atoms with Gasteiger partial charge in [-0.3, -0.25) is 19.2 Å². The summed E-state index contributed by atoms with van der Waals surface area (Å²) in [6.45, 7) is -0.695. The van der Waals surface area contributed by atoms with E-state index in [0.717, 1.165) is 10.9 Å². The van der Waals surface area contributed by atoms with Crippen LogP contribution in [0.4, 0.5) is 0 Å². The van der Waals surface area contributed by atoms with Gasteiger partial charge in [-0.25, -0.2) is 4.79 Å². The van der Waals surface area contributed by atoms with Crippen molar-refractivity contribution in [3.8, 4) is 5.75 Å². The van der Waals surface area contributed by atoms with Crippen LogP contribution in [0.25, 0.3) is 10.9 Å². The number of rotatable bonds is 14. The fourth-order valence-corrected chi connectivity index (χ4v) is 4.11. The van der Waals surface area contributed by atoms with Gasteiger partial charge in [0.25, 0.3) is 0 Å². The van der Waals surface area contributed by atoms with E-state index in [9.17, 15) is 39.3 Å². The second-order valence-corrected chi connectivity index (χ2v) is 9.42. The third kappa shape index (κ3) is 8.52. The second kappa shape index (κ2) is 13.9. The number of H-pyrrole nitrogens is 1. The molecule has 218 valence electrons. The highest BCUT2D eigenvalue weighted by molar-refractivity contribution is 5.96. The molecule has 0 fully saturated rings. The van der Waals surface area contributed by atoms with E-state index in [1.807, 2.05) is 12.1 Å². The largest absolute Gasteiger partial charge is 0.508 e. The molecule has 0 aliphatic heterocycles. The number of aromatic nitrogens is 1. The minimum Gasteiger partial charge on any atom is -0.508 e. The third-order valence-corrected chi connectivity index (χ3v) is 6.29. The van der Waals surface area contributed by atoms with Gasteiger partial charge in [-0.15, -0.1) is 0 Å². The van der Waals surface area contributed by atoms with Crippen molar-refractivity contribution < 1.29 is 39.3 Å². The lowest BCUT2D eigenvalue weighted by Gasteiger charge is -2.24. The lowest BCUT2D eigenvalue weighted by molar-refractivity contribution is -0.142. The Balaban J connectivity index is 1.79. The average Bonchev–Trinajstić information content (AvgIpc) is 3.34. The van der Waals surface area contributed by atoms with Crippen molar-refractivity contribution in [3.05, 3.63) is 65.9 Å². The number of hydrogen-bond donors (Lipinski definition) is 9. The molecule has 1 aromatic heterocycles. The van der Waals surface area contributed by atoms with Crippen molar-refractivity contribution >= 4 is 40.5 Å². The number of carbonyl (C=O) groups is 5. The van der Waals surface area contributed by atoms with Crippen molar-refractivity contribution in [3.63, 3.8) is 0 Å². The van der Waals surface area contributed by atoms with Crippen LogP contribution in [0, 0.1) is 0 Å². The number of carboxylic acid groups (broad SMARTS) is 1. The van der Waals surface area contributed by atoms with Crippen molar-refractivity contribution in [2.24, 2.45) is 11.5 Å². The molecule has 0 saturated carbocycles. The first-order chi connectivity index (χ1) is 19.5. The number of aromatic hydroxyl groups is 1. The number of aromatic amines is 1. The summed E-state index contributed by atoms with van der Waals surface area (Å²) < 4.78 is 0. The molecule has 2 aromatic carbocycles. The van der Waals surface area contributed by atoms with Gasteiger partial charge in [-0.2, -0.15) is 0 Å². The Hall–Kier alpha value is -4.95. The van der Waals surface area contributed by atoms with Crippen LogP contribution in [0.3, 0.4) is 0 Å². The SMILES string of the molecule is NC(=O)CC(NC(=O)C(Cc1ccc(O)cc1)NC(=O)C(N)CO)C(=O)NC(Cc1c[nH]c2ccccc12)C(=O)O. The normalized spacial score (nSPS) is 13.9. The van der Waals surface area contributed by atoms with E-state index in [4.69, 9.17) is 11.5 Å². The lowest BCUT2D eigenvalue weighted by Crippen LogP contribution is -2.58. The number of carbonyl (C=O) groups excluding carboxylic acids is 4. The van der Waals surface area contributed by atoms with Crippen molar-refractivity contribution in [1.29, 1.82) is 0 Å². The maximum absolute atomic E-state index is 13.2. The maximum Gasteiger partial charge on any atom is 0.326 e. The highest BCUT2D eigenvalue weighted by Gasteiger charge is 2.31. The Morgan fingerprint density at radius 2 is 1.44 bits per heavy atom. The highest BCUT2D eigenvalue weighted by atomic mass is 16.4. The topological polar surface area (TPSA) is 250 Å². The number of hydrogen-bond acceptors (Lipinski definition) is 8. The first kappa shape index (κ1) is 30.6. The molecule has 0 aliphatic carbocycles. The van der Waals surface area contributed by atoms with Gasteiger partial charge in [-0.1, -0.05) is 30.3 Å². The van der Waals surface area contributed by atoms with Crippen LogP contribution in [0.1, 0.15) is 17.5 Å². The van der Waals surface area contributed by atoms with Gasteiger partial charge in [0.2, 0.25) is 23.6 Å². The highest BCUT2D eigenvalue weighted by Crippen LogP contribution is 2.19. The molecule has 14 nitrogen and oxygen atoms in total. The Bertz CT molecular complexity index is 1410. The van der Waals surface area contributed by atoms with E-state index in [1.54, 1.807) is 18.3 Å². The lowest BCUT2D eigenvalue weighted by atomic mass is 10.0. The van der Waals surface area contributed by atoms with E-state index in [-0.39, 0.29) is 18.6 Å². The number of fused-ring (bicyclic) bond motifs is 1. The molecule has 0 spiro atoms. The minimum absolute atomic E-state index is 0.0279. The molecule has 4 atom stereocenters.